The molecule has 0 N–H and O–H groups in total. The maximum Gasteiger partial charge on any atom is 0.330 e. The van der Waals surface area contributed by atoms with Crippen molar-refractivity contribution in [3.8, 4) is 35.2 Å². The number of hydrogen-bond acceptors (Lipinski definition) is 6. The molecule has 0 spiro atoms. The molecule has 0 aliphatic heterocycles. The molecule has 3 aromatic carbocycles. The molecule has 7 heteroatoms. The van der Waals surface area contributed by atoms with E-state index >= 15 is 0 Å². The summed E-state index contributed by atoms with van der Waals surface area (Å²) in [5, 5.41) is 0. The molecule has 0 fully saturated rings. The molecule has 3 rings (SSSR count). The maximum atomic E-state index is 14.7. The summed E-state index contributed by atoms with van der Waals surface area (Å²) in [7, 11) is 0. The average Bonchev–Trinajstić information content (AvgIpc) is 2.96. The van der Waals surface area contributed by atoms with Crippen LogP contribution >= 0.6 is 0 Å². The van der Waals surface area contributed by atoms with Gasteiger partial charge in [0.25, 0.3) is 0 Å². The SMILES string of the molecule is C=CC(=O)OCCOc1cccc(C#Cc2ccc(C#Cc3cccc(OCCOC(=O)C=C)c3)c(F)c2)c1. The van der Waals surface area contributed by atoms with Gasteiger partial charge in [-0.2, -0.15) is 0 Å². The summed E-state index contributed by atoms with van der Waals surface area (Å²) in [5.74, 6) is 11.3. The van der Waals surface area contributed by atoms with Crippen molar-refractivity contribution in [3.05, 3.63) is 120 Å². The Balaban J connectivity index is 1.59. The molecule has 39 heavy (non-hydrogen) atoms. The van der Waals surface area contributed by atoms with E-state index in [1.54, 1.807) is 60.7 Å². The van der Waals surface area contributed by atoms with Crippen molar-refractivity contribution in [3.63, 3.8) is 0 Å². The van der Waals surface area contributed by atoms with Crippen molar-refractivity contribution in [2.75, 3.05) is 26.4 Å². The van der Waals surface area contributed by atoms with E-state index in [4.69, 9.17) is 18.9 Å². The van der Waals surface area contributed by atoms with Gasteiger partial charge >= 0.3 is 11.9 Å². The fourth-order valence-electron chi connectivity index (χ4n) is 3.03. The van der Waals surface area contributed by atoms with Crippen molar-refractivity contribution < 1.29 is 32.9 Å². The average molecular weight is 525 g/mol. The molecule has 0 amide bonds. The van der Waals surface area contributed by atoms with Crippen LogP contribution in [0.15, 0.2) is 92.0 Å². The summed E-state index contributed by atoms with van der Waals surface area (Å²) < 4.78 is 35.5. The van der Waals surface area contributed by atoms with Crippen LogP contribution in [-0.4, -0.2) is 38.4 Å². The topological polar surface area (TPSA) is 71.1 Å². The number of carbonyl (C=O) groups is 2. The molecule has 0 aliphatic carbocycles. The molecule has 6 nitrogen and oxygen atoms in total. The van der Waals surface area contributed by atoms with Gasteiger partial charge in [-0.05, 0) is 54.6 Å². The van der Waals surface area contributed by atoms with E-state index in [9.17, 15) is 14.0 Å². The highest BCUT2D eigenvalue weighted by Gasteiger charge is 2.02. The van der Waals surface area contributed by atoms with Crippen LogP contribution in [0.5, 0.6) is 11.5 Å². The zero-order valence-electron chi connectivity index (χ0n) is 21.1. The van der Waals surface area contributed by atoms with Crippen LogP contribution in [0.3, 0.4) is 0 Å². The Kier molecular flexibility index (Phi) is 11.0. The fourth-order valence-corrected chi connectivity index (χ4v) is 3.03. The number of hydrogen-bond donors (Lipinski definition) is 0. The quantitative estimate of drug-likeness (QED) is 0.164. The van der Waals surface area contributed by atoms with Gasteiger partial charge in [0.1, 0.15) is 43.7 Å². The van der Waals surface area contributed by atoms with Crippen molar-refractivity contribution in [2.24, 2.45) is 0 Å². The van der Waals surface area contributed by atoms with Crippen LogP contribution in [0.4, 0.5) is 4.39 Å². The summed E-state index contributed by atoms with van der Waals surface area (Å²) in [6.07, 6.45) is 2.17. The Labute approximate surface area is 226 Å². The molecular formula is C32H25FO6. The van der Waals surface area contributed by atoms with Gasteiger partial charge in [-0.3, -0.25) is 0 Å². The monoisotopic (exact) mass is 524 g/mol. The highest BCUT2D eigenvalue weighted by atomic mass is 19.1. The van der Waals surface area contributed by atoms with E-state index in [0.29, 0.717) is 28.2 Å². The molecule has 0 atom stereocenters. The Morgan fingerprint density at radius 1 is 0.667 bits per heavy atom. The zero-order chi connectivity index (χ0) is 27.9. The highest BCUT2D eigenvalue weighted by Crippen LogP contribution is 2.15. The van der Waals surface area contributed by atoms with E-state index in [-0.39, 0.29) is 32.0 Å². The normalized spacial score (nSPS) is 9.56. The molecule has 0 bridgehead atoms. The van der Waals surface area contributed by atoms with Crippen molar-refractivity contribution >= 4 is 11.9 Å². The summed E-state index contributed by atoms with van der Waals surface area (Å²) >= 11 is 0. The van der Waals surface area contributed by atoms with Gasteiger partial charge in [0.05, 0.1) is 5.56 Å². The standard InChI is InChI=1S/C32H25FO6/c1-3-31(34)38-19-17-36-28-9-5-7-24(21-28)11-12-26-14-16-27(30(33)23-26)15-13-25-8-6-10-29(22-25)37-18-20-39-32(35)4-2/h3-10,14,16,21-23H,1-2,17-20H2. The molecule has 196 valence electrons. The van der Waals surface area contributed by atoms with E-state index in [0.717, 1.165) is 12.2 Å². The molecular weight excluding hydrogens is 499 g/mol. The van der Waals surface area contributed by atoms with Gasteiger partial charge in [-0.15, -0.1) is 0 Å². The zero-order valence-corrected chi connectivity index (χ0v) is 21.1. The van der Waals surface area contributed by atoms with Crippen LogP contribution < -0.4 is 9.47 Å². The first-order chi connectivity index (χ1) is 19.0. The van der Waals surface area contributed by atoms with E-state index in [1.807, 2.05) is 0 Å². The van der Waals surface area contributed by atoms with Crippen LogP contribution in [0, 0.1) is 29.5 Å². The first kappa shape index (κ1) is 28.3. The summed E-state index contributed by atoms with van der Waals surface area (Å²) in [5.41, 5.74) is 2.05. The largest absolute Gasteiger partial charge is 0.490 e. The Bertz CT molecular complexity index is 1470. The maximum absolute atomic E-state index is 14.7. The number of carbonyl (C=O) groups excluding carboxylic acids is 2. The summed E-state index contributed by atoms with van der Waals surface area (Å²) in [6, 6.07) is 18.7. The third-order valence-corrected chi connectivity index (χ3v) is 4.86. The number of ether oxygens (including phenoxy) is 4. The third-order valence-electron chi connectivity index (χ3n) is 4.86. The van der Waals surface area contributed by atoms with Gasteiger partial charge in [0, 0.05) is 28.8 Å². The Hall–Kier alpha value is -5.27. The molecule has 0 heterocycles. The molecule has 0 aromatic heterocycles. The second-order valence-corrected chi connectivity index (χ2v) is 7.69. The first-order valence-electron chi connectivity index (χ1n) is 11.8. The number of halogens is 1. The van der Waals surface area contributed by atoms with Crippen molar-refractivity contribution in [1.82, 2.24) is 0 Å². The lowest BCUT2D eigenvalue weighted by Crippen LogP contribution is -2.10. The summed E-state index contributed by atoms with van der Waals surface area (Å²) in [4.78, 5) is 22.1. The van der Waals surface area contributed by atoms with Crippen molar-refractivity contribution in [2.45, 2.75) is 0 Å². The van der Waals surface area contributed by atoms with Crippen LogP contribution in [0.2, 0.25) is 0 Å². The lowest BCUT2D eigenvalue weighted by atomic mass is 10.1. The van der Waals surface area contributed by atoms with E-state index in [1.165, 1.54) is 6.07 Å². The lowest BCUT2D eigenvalue weighted by molar-refractivity contribution is -0.139. The Morgan fingerprint density at radius 2 is 1.15 bits per heavy atom. The second kappa shape index (κ2) is 15.1. The highest BCUT2D eigenvalue weighted by molar-refractivity contribution is 5.81. The Morgan fingerprint density at radius 3 is 1.64 bits per heavy atom. The van der Waals surface area contributed by atoms with Crippen LogP contribution in [0.25, 0.3) is 0 Å². The molecule has 0 unspecified atom stereocenters. The smallest absolute Gasteiger partial charge is 0.330 e. The molecule has 0 saturated carbocycles. The van der Waals surface area contributed by atoms with Gasteiger partial charge in [-0.25, -0.2) is 14.0 Å². The van der Waals surface area contributed by atoms with Gasteiger partial charge in [0.2, 0.25) is 0 Å². The molecule has 0 aliphatic rings. The lowest BCUT2D eigenvalue weighted by Gasteiger charge is -2.06. The third kappa shape index (κ3) is 9.95. The summed E-state index contributed by atoms with van der Waals surface area (Å²) in [6.45, 7) is 7.21. The predicted octanol–water partition coefficient (Wildman–Crippen LogP) is 4.84. The minimum atomic E-state index is -0.515. The van der Waals surface area contributed by atoms with Gasteiger partial charge < -0.3 is 18.9 Å². The van der Waals surface area contributed by atoms with Gasteiger partial charge in [-0.1, -0.05) is 49.0 Å². The van der Waals surface area contributed by atoms with E-state index in [2.05, 4.69) is 36.8 Å². The predicted molar refractivity (Wildman–Crippen MR) is 145 cm³/mol. The van der Waals surface area contributed by atoms with E-state index < -0.39 is 17.8 Å². The fraction of sp³-hybridized carbons (Fsp3) is 0.125. The number of benzene rings is 3. The number of rotatable bonds is 10. The van der Waals surface area contributed by atoms with Crippen LogP contribution in [-0.2, 0) is 19.1 Å². The first-order valence-corrected chi connectivity index (χ1v) is 11.8. The van der Waals surface area contributed by atoms with Crippen molar-refractivity contribution in [1.29, 1.82) is 0 Å². The minimum absolute atomic E-state index is 0.0927. The molecule has 0 saturated heterocycles. The molecule has 3 aromatic rings. The van der Waals surface area contributed by atoms with Gasteiger partial charge in [0.15, 0.2) is 0 Å². The second-order valence-electron chi connectivity index (χ2n) is 7.69. The van der Waals surface area contributed by atoms with Crippen LogP contribution in [0.1, 0.15) is 22.3 Å². The molecule has 0 radical (unpaired) electrons. The minimum Gasteiger partial charge on any atom is -0.490 e. The number of esters is 2.